The molecule has 4 fully saturated rings. The SMILES string of the molecule is O=P(O)(CN(C1CCCCC1)C1CCCCC1)CN(C1CCCCC1)C1CCCCC1. The molecule has 0 amide bonds. The fourth-order valence-electron chi connectivity index (χ4n) is 7.26. The Bertz CT molecular complexity index is 480. The zero-order valence-corrected chi connectivity index (χ0v) is 21.0. The predicted octanol–water partition coefficient (Wildman–Crippen LogP) is 7.11. The molecule has 1 N–H and O–H groups in total. The summed E-state index contributed by atoms with van der Waals surface area (Å²) < 4.78 is 13.9. The van der Waals surface area contributed by atoms with E-state index in [0.29, 0.717) is 36.7 Å². The highest BCUT2D eigenvalue weighted by Gasteiger charge is 2.38. The van der Waals surface area contributed by atoms with Gasteiger partial charge in [-0.3, -0.25) is 14.4 Å². The molecule has 0 aromatic heterocycles. The molecule has 0 spiro atoms. The molecule has 0 atom stereocenters. The van der Waals surface area contributed by atoms with E-state index in [1.165, 1.54) is 128 Å². The first-order valence-electron chi connectivity index (χ1n) is 13.9. The van der Waals surface area contributed by atoms with Gasteiger partial charge >= 0.3 is 0 Å². The van der Waals surface area contributed by atoms with Crippen LogP contribution in [0.15, 0.2) is 0 Å². The number of hydrogen-bond acceptors (Lipinski definition) is 3. The lowest BCUT2D eigenvalue weighted by Crippen LogP contribution is -2.48. The van der Waals surface area contributed by atoms with Gasteiger partial charge in [-0.15, -0.1) is 0 Å². The second-order valence-electron chi connectivity index (χ2n) is 11.3. The van der Waals surface area contributed by atoms with E-state index in [4.69, 9.17) is 0 Å². The third-order valence-corrected chi connectivity index (χ3v) is 10.5. The van der Waals surface area contributed by atoms with Crippen LogP contribution >= 0.6 is 7.37 Å². The number of hydrogen-bond donors (Lipinski definition) is 1. The Morgan fingerprint density at radius 2 is 0.710 bits per heavy atom. The van der Waals surface area contributed by atoms with Gasteiger partial charge in [0, 0.05) is 24.2 Å². The lowest BCUT2D eigenvalue weighted by Gasteiger charge is -2.45. The van der Waals surface area contributed by atoms with Crippen LogP contribution in [0.1, 0.15) is 128 Å². The second kappa shape index (κ2) is 12.0. The third kappa shape index (κ3) is 7.05. The molecule has 0 saturated heterocycles. The van der Waals surface area contributed by atoms with Crippen LogP contribution in [0.3, 0.4) is 0 Å². The van der Waals surface area contributed by atoms with Crippen molar-refractivity contribution in [3.05, 3.63) is 0 Å². The first kappa shape index (κ1) is 24.2. The van der Waals surface area contributed by atoms with Crippen LogP contribution in [-0.4, -0.2) is 51.4 Å². The van der Waals surface area contributed by atoms with E-state index in [1.54, 1.807) is 0 Å². The average molecular weight is 453 g/mol. The molecule has 0 aromatic carbocycles. The molecule has 0 bridgehead atoms. The van der Waals surface area contributed by atoms with Gasteiger partial charge in [-0.1, -0.05) is 77.0 Å². The second-order valence-corrected chi connectivity index (χ2v) is 13.6. The molecule has 180 valence electrons. The van der Waals surface area contributed by atoms with Crippen molar-refractivity contribution in [1.29, 1.82) is 0 Å². The molecule has 31 heavy (non-hydrogen) atoms. The molecule has 0 aliphatic heterocycles. The van der Waals surface area contributed by atoms with Crippen LogP contribution in [0.25, 0.3) is 0 Å². The van der Waals surface area contributed by atoms with E-state index < -0.39 is 7.37 Å². The third-order valence-electron chi connectivity index (χ3n) is 8.94. The summed E-state index contributed by atoms with van der Waals surface area (Å²) in [5.41, 5.74) is 0. The molecule has 4 rings (SSSR count). The lowest BCUT2D eigenvalue weighted by molar-refractivity contribution is 0.0858. The van der Waals surface area contributed by atoms with Crippen molar-refractivity contribution >= 4 is 7.37 Å². The molecule has 4 aliphatic carbocycles. The van der Waals surface area contributed by atoms with Crippen LogP contribution in [0.4, 0.5) is 0 Å². The minimum atomic E-state index is -3.22. The van der Waals surface area contributed by atoms with Gasteiger partial charge in [0.1, 0.15) is 0 Å². The summed E-state index contributed by atoms with van der Waals surface area (Å²) in [5.74, 6) is 0. The largest absolute Gasteiger partial charge is 0.343 e. The molecule has 4 aliphatic rings. The molecular formula is C26H49N2O2P. The van der Waals surface area contributed by atoms with Crippen molar-refractivity contribution in [2.45, 2.75) is 153 Å². The van der Waals surface area contributed by atoms with E-state index in [0.717, 1.165) is 0 Å². The maximum absolute atomic E-state index is 13.9. The highest BCUT2D eigenvalue weighted by Crippen LogP contribution is 2.47. The highest BCUT2D eigenvalue weighted by atomic mass is 31.2. The van der Waals surface area contributed by atoms with Crippen LogP contribution in [0.2, 0.25) is 0 Å². The van der Waals surface area contributed by atoms with Gasteiger partial charge in [-0.25, -0.2) is 0 Å². The molecule has 0 unspecified atom stereocenters. The molecule has 5 heteroatoms. The Hall–Kier alpha value is 0.110. The van der Waals surface area contributed by atoms with E-state index in [9.17, 15) is 9.46 Å². The van der Waals surface area contributed by atoms with Gasteiger partial charge in [0.05, 0.1) is 12.6 Å². The Kier molecular flexibility index (Phi) is 9.38. The van der Waals surface area contributed by atoms with E-state index in [1.807, 2.05) is 0 Å². The molecule has 0 heterocycles. The van der Waals surface area contributed by atoms with Gasteiger partial charge in [0.2, 0.25) is 7.37 Å². The van der Waals surface area contributed by atoms with Crippen molar-refractivity contribution in [2.24, 2.45) is 0 Å². The summed E-state index contributed by atoms with van der Waals surface area (Å²) >= 11 is 0. The minimum absolute atomic E-state index is 0.457. The maximum atomic E-state index is 13.9. The van der Waals surface area contributed by atoms with E-state index in [-0.39, 0.29) is 0 Å². The topological polar surface area (TPSA) is 43.8 Å². The molecule has 4 saturated carbocycles. The fraction of sp³-hybridized carbons (Fsp3) is 1.00. The monoisotopic (exact) mass is 452 g/mol. The van der Waals surface area contributed by atoms with Gasteiger partial charge in [0.15, 0.2) is 0 Å². The summed E-state index contributed by atoms with van der Waals surface area (Å²) in [7, 11) is -3.22. The summed E-state index contributed by atoms with van der Waals surface area (Å²) in [6.45, 7) is 0. The van der Waals surface area contributed by atoms with Crippen molar-refractivity contribution < 1.29 is 9.46 Å². The van der Waals surface area contributed by atoms with Gasteiger partial charge in [0.25, 0.3) is 0 Å². The van der Waals surface area contributed by atoms with E-state index in [2.05, 4.69) is 9.80 Å². The van der Waals surface area contributed by atoms with E-state index >= 15 is 0 Å². The molecule has 0 aromatic rings. The first-order chi connectivity index (χ1) is 15.1. The summed E-state index contributed by atoms with van der Waals surface area (Å²) in [6.07, 6.45) is 26.7. The van der Waals surface area contributed by atoms with Crippen LogP contribution in [-0.2, 0) is 4.57 Å². The first-order valence-corrected chi connectivity index (χ1v) is 16.0. The Morgan fingerprint density at radius 3 is 0.935 bits per heavy atom. The van der Waals surface area contributed by atoms with Crippen molar-refractivity contribution in [1.82, 2.24) is 9.80 Å². The normalized spacial score (nSPS) is 26.7. The van der Waals surface area contributed by atoms with Gasteiger partial charge in [-0.2, -0.15) is 0 Å². The van der Waals surface area contributed by atoms with Crippen molar-refractivity contribution in [2.75, 3.05) is 12.6 Å². The summed E-state index contributed by atoms with van der Waals surface area (Å²) in [6, 6.07) is 2.20. The van der Waals surface area contributed by atoms with Crippen LogP contribution in [0.5, 0.6) is 0 Å². The zero-order chi connectivity index (χ0) is 21.5. The minimum Gasteiger partial charge on any atom is -0.343 e. The average Bonchev–Trinajstić information content (AvgIpc) is 2.83. The van der Waals surface area contributed by atoms with Gasteiger partial charge in [-0.05, 0) is 51.4 Å². The number of rotatable bonds is 8. The quantitative estimate of drug-likeness (QED) is 0.399. The zero-order valence-electron chi connectivity index (χ0n) is 20.1. The predicted molar refractivity (Wildman–Crippen MR) is 131 cm³/mol. The fourth-order valence-corrected chi connectivity index (χ4v) is 9.30. The molecular weight excluding hydrogens is 403 g/mol. The molecule has 0 radical (unpaired) electrons. The highest BCUT2D eigenvalue weighted by molar-refractivity contribution is 7.57. The summed E-state index contributed by atoms with van der Waals surface area (Å²) in [5, 5.41) is 0. The van der Waals surface area contributed by atoms with Crippen molar-refractivity contribution in [3.8, 4) is 0 Å². The van der Waals surface area contributed by atoms with Crippen LogP contribution < -0.4 is 0 Å². The smallest absolute Gasteiger partial charge is 0.227 e. The Morgan fingerprint density at radius 1 is 0.484 bits per heavy atom. The van der Waals surface area contributed by atoms with Crippen molar-refractivity contribution in [3.63, 3.8) is 0 Å². The Labute approximate surface area is 192 Å². The Balaban J connectivity index is 1.46. The number of nitrogens with zero attached hydrogens (tertiary/aromatic N) is 2. The van der Waals surface area contributed by atoms with Crippen LogP contribution in [0, 0.1) is 0 Å². The van der Waals surface area contributed by atoms with Gasteiger partial charge < -0.3 is 4.89 Å². The maximum Gasteiger partial charge on any atom is 0.227 e. The summed E-state index contributed by atoms with van der Waals surface area (Å²) in [4.78, 5) is 16.6. The standard InChI is InChI=1S/C26H49N2O2P/c29-31(30,21-27(23-13-5-1-6-14-23)24-15-7-2-8-16-24)22-28(25-17-9-3-10-18-25)26-19-11-4-12-20-26/h23-26H,1-22H2,(H,29,30). The molecule has 4 nitrogen and oxygen atoms in total. The lowest BCUT2D eigenvalue weighted by atomic mass is 9.89.